The van der Waals surface area contributed by atoms with Crippen LogP contribution in [0.1, 0.15) is 50.5 Å². The molecular formula is C22H32O5S2. The number of hydrogen-bond acceptors (Lipinski definition) is 7. The Labute approximate surface area is 182 Å². The van der Waals surface area contributed by atoms with E-state index in [0.29, 0.717) is 26.1 Å². The van der Waals surface area contributed by atoms with E-state index in [1.54, 1.807) is 0 Å². The molecule has 162 valence electrons. The van der Waals surface area contributed by atoms with Crippen molar-refractivity contribution in [2.75, 3.05) is 32.2 Å². The van der Waals surface area contributed by atoms with E-state index in [-0.39, 0.29) is 25.2 Å². The second-order valence-electron chi connectivity index (χ2n) is 6.97. The van der Waals surface area contributed by atoms with Gasteiger partial charge in [-0.2, -0.15) is 0 Å². The SMILES string of the molecule is O=C(CCCCC1CCSS1)OCCOCCOC(=O)CCCc1ccccc1. The Bertz CT molecular complexity index is 576. The second kappa shape index (κ2) is 15.6. The van der Waals surface area contributed by atoms with Gasteiger partial charge in [-0.05, 0) is 37.7 Å². The predicted molar refractivity (Wildman–Crippen MR) is 119 cm³/mol. The van der Waals surface area contributed by atoms with Crippen LogP contribution in [-0.4, -0.2) is 49.4 Å². The van der Waals surface area contributed by atoms with Crippen LogP contribution in [0.3, 0.4) is 0 Å². The predicted octanol–water partition coefficient (Wildman–Crippen LogP) is 4.83. The number of carbonyl (C=O) groups excluding carboxylic acids is 2. The zero-order chi connectivity index (χ0) is 20.6. The maximum Gasteiger partial charge on any atom is 0.305 e. The van der Waals surface area contributed by atoms with Crippen LogP contribution in [0.25, 0.3) is 0 Å². The molecular weight excluding hydrogens is 408 g/mol. The zero-order valence-corrected chi connectivity index (χ0v) is 18.6. The monoisotopic (exact) mass is 440 g/mol. The van der Waals surface area contributed by atoms with E-state index in [0.717, 1.165) is 30.9 Å². The highest BCUT2D eigenvalue weighted by Gasteiger charge is 2.15. The Morgan fingerprint density at radius 2 is 1.59 bits per heavy atom. The van der Waals surface area contributed by atoms with Crippen LogP contribution in [0.5, 0.6) is 0 Å². The molecule has 1 saturated heterocycles. The quantitative estimate of drug-likeness (QED) is 0.220. The molecule has 1 fully saturated rings. The lowest BCUT2D eigenvalue weighted by molar-refractivity contribution is -0.146. The number of esters is 2. The maximum absolute atomic E-state index is 11.7. The molecule has 1 heterocycles. The average molecular weight is 441 g/mol. The zero-order valence-electron chi connectivity index (χ0n) is 17.0. The summed E-state index contributed by atoms with van der Waals surface area (Å²) in [4.78, 5) is 23.3. The van der Waals surface area contributed by atoms with E-state index in [1.807, 2.05) is 39.8 Å². The van der Waals surface area contributed by atoms with Gasteiger partial charge >= 0.3 is 11.9 Å². The summed E-state index contributed by atoms with van der Waals surface area (Å²) in [5.74, 6) is 0.891. The third-order valence-corrected chi connectivity index (χ3v) is 7.56. The number of benzene rings is 1. The fourth-order valence-electron chi connectivity index (χ4n) is 2.96. The highest BCUT2D eigenvalue weighted by atomic mass is 33.1. The Morgan fingerprint density at radius 1 is 0.897 bits per heavy atom. The summed E-state index contributed by atoms with van der Waals surface area (Å²) in [5, 5.41) is 0.766. The van der Waals surface area contributed by atoms with Gasteiger partial charge in [0.1, 0.15) is 13.2 Å². The van der Waals surface area contributed by atoms with Crippen LogP contribution in [-0.2, 0) is 30.2 Å². The number of rotatable bonds is 15. The minimum absolute atomic E-state index is 0.160. The summed E-state index contributed by atoms with van der Waals surface area (Å²) < 4.78 is 15.6. The van der Waals surface area contributed by atoms with Gasteiger partial charge in [0, 0.05) is 23.8 Å². The van der Waals surface area contributed by atoms with Crippen LogP contribution >= 0.6 is 21.6 Å². The first kappa shape index (κ1) is 24.1. The van der Waals surface area contributed by atoms with E-state index in [1.165, 1.54) is 24.2 Å². The van der Waals surface area contributed by atoms with Gasteiger partial charge in [-0.3, -0.25) is 9.59 Å². The molecule has 0 aromatic heterocycles. The number of hydrogen-bond donors (Lipinski definition) is 0. The van der Waals surface area contributed by atoms with E-state index in [2.05, 4.69) is 12.1 Å². The van der Waals surface area contributed by atoms with Crippen molar-refractivity contribution in [1.29, 1.82) is 0 Å². The van der Waals surface area contributed by atoms with Crippen LogP contribution in [0.4, 0.5) is 0 Å². The van der Waals surface area contributed by atoms with Gasteiger partial charge in [0.25, 0.3) is 0 Å². The van der Waals surface area contributed by atoms with Gasteiger partial charge in [0.05, 0.1) is 13.2 Å². The Hall–Kier alpha value is -1.18. The summed E-state index contributed by atoms with van der Waals surface area (Å²) >= 11 is 0. The molecule has 0 aliphatic carbocycles. The van der Waals surface area contributed by atoms with Crippen LogP contribution in [0, 0.1) is 0 Å². The van der Waals surface area contributed by atoms with Crippen LogP contribution in [0.2, 0.25) is 0 Å². The van der Waals surface area contributed by atoms with E-state index >= 15 is 0 Å². The van der Waals surface area contributed by atoms with Gasteiger partial charge in [0.15, 0.2) is 0 Å². The molecule has 7 heteroatoms. The van der Waals surface area contributed by atoms with Crippen LogP contribution < -0.4 is 0 Å². The van der Waals surface area contributed by atoms with Gasteiger partial charge < -0.3 is 14.2 Å². The van der Waals surface area contributed by atoms with E-state index in [4.69, 9.17) is 14.2 Å². The molecule has 1 aromatic carbocycles. The first-order valence-electron chi connectivity index (χ1n) is 10.5. The Balaban J connectivity index is 1.33. The standard InChI is InChI=1S/C22H32O5S2/c23-21(11-5-4-10-20-13-18-28-29-20)26-16-14-25-15-17-27-22(24)12-6-9-19-7-2-1-3-8-19/h1-3,7-8,20H,4-6,9-18H2. The molecule has 1 atom stereocenters. The van der Waals surface area contributed by atoms with Crippen LogP contribution in [0.15, 0.2) is 30.3 Å². The van der Waals surface area contributed by atoms with Gasteiger partial charge in [0.2, 0.25) is 0 Å². The van der Waals surface area contributed by atoms with E-state index < -0.39 is 0 Å². The number of ether oxygens (including phenoxy) is 3. The molecule has 0 spiro atoms. The lowest BCUT2D eigenvalue weighted by Crippen LogP contribution is -2.14. The normalized spacial score (nSPS) is 15.9. The molecule has 0 saturated carbocycles. The molecule has 0 bridgehead atoms. The minimum atomic E-state index is -0.203. The fraction of sp³-hybridized carbons (Fsp3) is 0.636. The molecule has 0 amide bonds. The maximum atomic E-state index is 11.7. The van der Waals surface area contributed by atoms with E-state index in [9.17, 15) is 9.59 Å². The molecule has 29 heavy (non-hydrogen) atoms. The van der Waals surface area contributed by atoms with Gasteiger partial charge in [-0.25, -0.2) is 0 Å². The first-order valence-corrected chi connectivity index (χ1v) is 12.8. The summed E-state index contributed by atoms with van der Waals surface area (Å²) in [6.45, 7) is 1.13. The third kappa shape index (κ3) is 12.2. The Morgan fingerprint density at radius 3 is 2.24 bits per heavy atom. The average Bonchev–Trinajstić information content (AvgIpc) is 3.25. The second-order valence-corrected chi connectivity index (χ2v) is 9.75. The van der Waals surface area contributed by atoms with Crippen molar-refractivity contribution >= 4 is 33.5 Å². The van der Waals surface area contributed by atoms with Crippen molar-refractivity contribution in [3.63, 3.8) is 0 Å². The topological polar surface area (TPSA) is 61.8 Å². The minimum Gasteiger partial charge on any atom is -0.463 e. The fourth-order valence-corrected chi connectivity index (χ4v) is 5.99. The van der Waals surface area contributed by atoms with Crippen molar-refractivity contribution < 1.29 is 23.8 Å². The third-order valence-electron chi connectivity index (χ3n) is 4.55. The molecule has 5 nitrogen and oxygen atoms in total. The number of unbranched alkanes of at least 4 members (excludes halogenated alkanes) is 1. The summed E-state index contributed by atoms with van der Waals surface area (Å²) in [6, 6.07) is 10.1. The largest absolute Gasteiger partial charge is 0.463 e. The lowest BCUT2D eigenvalue weighted by Gasteiger charge is -2.08. The molecule has 1 unspecified atom stereocenters. The van der Waals surface area contributed by atoms with Crippen molar-refractivity contribution in [1.82, 2.24) is 0 Å². The molecule has 0 radical (unpaired) electrons. The highest BCUT2D eigenvalue weighted by molar-refractivity contribution is 8.77. The first-order chi connectivity index (χ1) is 14.2. The molecule has 1 aliphatic rings. The van der Waals surface area contributed by atoms with Gasteiger partial charge in [-0.15, -0.1) is 0 Å². The summed E-state index contributed by atoms with van der Waals surface area (Å²) in [6.07, 6.45) is 6.99. The lowest BCUT2D eigenvalue weighted by atomic mass is 10.1. The number of carbonyl (C=O) groups is 2. The Kier molecular flexibility index (Phi) is 13.0. The summed E-state index contributed by atoms with van der Waals surface area (Å²) in [5.41, 5.74) is 1.23. The number of aryl methyl sites for hydroxylation is 1. The summed E-state index contributed by atoms with van der Waals surface area (Å²) in [7, 11) is 3.93. The van der Waals surface area contributed by atoms with Gasteiger partial charge in [-0.1, -0.05) is 58.3 Å². The highest BCUT2D eigenvalue weighted by Crippen LogP contribution is 2.39. The smallest absolute Gasteiger partial charge is 0.305 e. The molecule has 1 aliphatic heterocycles. The van der Waals surface area contributed by atoms with Crippen molar-refractivity contribution in [3.8, 4) is 0 Å². The molecule has 2 rings (SSSR count). The molecule has 1 aromatic rings. The molecule has 0 N–H and O–H groups in total. The van der Waals surface area contributed by atoms with Crippen molar-refractivity contribution in [2.24, 2.45) is 0 Å². The van der Waals surface area contributed by atoms with Crippen molar-refractivity contribution in [2.45, 2.75) is 56.6 Å². The van der Waals surface area contributed by atoms with Crippen molar-refractivity contribution in [3.05, 3.63) is 35.9 Å².